The molecule has 1 saturated heterocycles. The topological polar surface area (TPSA) is 87.2 Å². The van der Waals surface area contributed by atoms with E-state index in [9.17, 15) is 14.0 Å². The van der Waals surface area contributed by atoms with E-state index in [1.54, 1.807) is 12.1 Å². The largest absolute Gasteiger partial charge is 0.324 e. The van der Waals surface area contributed by atoms with Crippen LogP contribution in [0, 0.1) is 11.7 Å². The minimum Gasteiger partial charge on any atom is -0.324 e. The van der Waals surface area contributed by atoms with Crippen molar-refractivity contribution in [3.05, 3.63) is 36.3 Å². The molecule has 0 spiro atoms. The van der Waals surface area contributed by atoms with Gasteiger partial charge >= 0.3 is 6.03 Å². The highest BCUT2D eigenvalue weighted by atomic mass is 32.1. The summed E-state index contributed by atoms with van der Waals surface area (Å²) in [6.07, 6.45) is 2.89. The number of urea groups is 1. The predicted octanol–water partition coefficient (Wildman–Crippen LogP) is 2.56. The smallest absolute Gasteiger partial charge is 0.321 e. The zero-order chi connectivity index (χ0) is 16.9. The van der Waals surface area contributed by atoms with Gasteiger partial charge in [-0.25, -0.2) is 9.18 Å². The number of hydrogen-bond donors (Lipinski definition) is 2. The monoisotopic (exact) mass is 349 g/mol. The van der Waals surface area contributed by atoms with Gasteiger partial charge in [0.05, 0.1) is 17.8 Å². The highest BCUT2D eigenvalue weighted by molar-refractivity contribution is 7.10. The number of rotatable bonds is 3. The van der Waals surface area contributed by atoms with E-state index in [0.717, 1.165) is 11.5 Å². The Balaban J connectivity index is 1.59. The van der Waals surface area contributed by atoms with Crippen LogP contribution >= 0.6 is 11.5 Å². The van der Waals surface area contributed by atoms with Crippen molar-refractivity contribution in [2.45, 2.75) is 12.8 Å². The van der Waals surface area contributed by atoms with E-state index in [-0.39, 0.29) is 17.5 Å². The highest BCUT2D eigenvalue weighted by Gasteiger charge is 2.29. The van der Waals surface area contributed by atoms with Crippen molar-refractivity contribution >= 4 is 34.2 Å². The lowest BCUT2D eigenvalue weighted by atomic mass is 9.97. The molecule has 0 unspecified atom stereocenters. The van der Waals surface area contributed by atoms with Gasteiger partial charge < -0.3 is 15.5 Å². The number of hydrogen-bond acceptors (Lipinski definition) is 5. The van der Waals surface area contributed by atoms with E-state index in [1.807, 2.05) is 0 Å². The van der Waals surface area contributed by atoms with Crippen molar-refractivity contribution in [1.82, 2.24) is 14.5 Å². The lowest BCUT2D eigenvalue weighted by Gasteiger charge is -2.31. The Hall–Kier alpha value is -2.55. The number of aromatic nitrogens is 2. The molecule has 2 heterocycles. The quantitative estimate of drug-likeness (QED) is 0.891. The van der Waals surface area contributed by atoms with Gasteiger partial charge in [-0.2, -0.15) is 0 Å². The van der Waals surface area contributed by atoms with Gasteiger partial charge in [0.15, 0.2) is 0 Å². The van der Waals surface area contributed by atoms with E-state index < -0.39 is 11.8 Å². The first-order valence-electron chi connectivity index (χ1n) is 7.52. The van der Waals surface area contributed by atoms with Crippen LogP contribution in [0.4, 0.5) is 19.9 Å². The molecule has 24 heavy (non-hydrogen) atoms. The number of benzene rings is 1. The normalized spacial score (nSPS) is 17.4. The number of nitrogens with zero attached hydrogens (tertiary/aromatic N) is 3. The summed E-state index contributed by atoms with van der Waals surface area (Å²) >= 11 is 1.10. The molecule has 1 aromatic carbocycles. The number of para-hydroxylation sites is 1. The Bertz CT molecular complexity index is 724. The van der Waals surface area contributed by atoms with Gasteiger partial charge in [0.25, 0.3) is 0 Å². The fourth-order valence-corrected chi connectivity index (χ4v) is 3.00. The summed E-state index contributed by atoms with van der Waals surface area (Å²) in [5, 5.41) is 9.53. The minimum absolute atomic E-state index is 0.129. The van der Waals surface area contributed by atoms with Crippen LogP contribution < -0.4 is 10.6 Å². The van der Waals surface area contributed by atoms with Crippen LogP contribution in [0.25, 0.3) is 0 Å². The molecule has 126 valence electrons. The molecule has 0 saturated carbocycles. The van der Waals surface area contributed by atoms with Crippen LogP contribution in [0.3, 0.4) is 0 Å². The summed E-state index contributed by atoms with van der Waals surface area (Å²) in [5.41, 5.74) is 0.129. The van der Waals surface area contributed by atoms with Crippen LogP contribution in [0.2, 0.25) is 0 Å². The van der Waals surface area contributed by atoms with Gasteiger partial charge in [0.2, 0.25) is 5.91 Å². The molecular weight excluding hydrogens is 333 g/mol. The van der Waals surface area contributed by atoms with Crippen molar-refractivity contribution in [2.24, 2.45) is 5.92 Å². The van der Waals surface area contributed by atoms with Crippen LogP contribution in [-0.2, 0) is 4.79 Å². The number of anilines is 2. The molecule has 0 radical (unpaired) electrons. The van der Waals surface area contributed by atoms with Gasteiger partial charge in [-0.3, -0.25) is 4.79 Å². The summed E-state index contributed by atoms with van der Waals surface area (Å²) in [4.78, 5) is 26.1. The zero-order valence-corrected chi connectivity index (χ0v) is 13.6. The Morgan fingerprint density at radius 2 is 2.12 bits per heavy atom. The number of likely N-dealkylation sites (tertiary alicyclic amines) is 1. The SMILES string of the molecule is O=C(Nc1cnns1)[C@@H]1CCCN(C(=O)Nc2ccccc2F)C1. The second-order valence-corrected chi connectivity index (χ2v) is 6.25. The molecule has 3 amide bonds. The van der Waals surface area contributed by atoms with Crippen molar-refractivity contribution < 1.29 is 14.0 Å². The number of nitrogens with one attached hydrogen (secondary N) is 2. The fraction of sp³-hybridized carbons (Fsp3) is 0.333. The lowest BCUT2D eigenvalue weighted by molar-refractivity contribution is -0.121. The molecule has 2 N–H and O–H groups in total. The molecule has 2 aromatic rings. The Kier molecular flexibility index (Phi) is 4.99. The van der Waals surface area contributed by atoms with Crippen molar-refractivity contribution in [2.75, 3.05) is 23.7 Å². The number of carbonyl (C=O) groups is 2. The molecule has 1 atom stereocenters. The van der Waals surface area contributed by atoms with Gasteiger partial charge in [-0.1, -0.05) is 16.6 Å². The number of carbonyl (C=O) groups excluding carboxylic acids is 2. The summed E-state index contributed by atoms with van der Waals surface area (Å²) in [6, 6.07) is 5.58. The maximum Gasteiger partial charge on any atom is 0.321 e. The summed E-state index contributed by atoms with van der Waals surface area (Å²) in [7, 11) is 0. The highest BCUT2D eigenvalue weighted by Crippen LogP contribution is 2.21. The lowest BCUT2D eigenvalue weighted by Crippen LogP contribution is -2.45. The maximum atomic E-state index is 13.6. The molecule has 1 aromatic heterocycles. The van der Waals surface area contributed by atoms with Gasteiger partial charge in [-0.05, 0) is 25.0 Å². The van der Waals surface area contributed by atoms with Crippen LogP contribution in [0.1, 0.15) is 12.8 Å². The van der Waals surface area contributed by atoms with Crippen molar-refractivity contribution in [3.8, 4) is 0 Å². The van der Waals surface area contributed by atoms with Crippen molar-refractivity contribution in [1.29, 1.82) is 0 Å². The average molecular weight is 349 g/mol. The summed E-state index contributed by atoms with van der Waals surface area (Å²) in [6.45, 7) is 0.824. The van der Waals surface area contributed by atoms with E-state index in [0.29, 0.717) is 30.9 Å². The first-order chi connectivity index (χ1) is 11.6. The van der Waals surface area contributed by atoms with E-state index >= 15 is 0 Å². The number of piperidine rings is 1. The predicted molar refractivity (Wildman–Crippen MR) is 88.3 cm³/mol. The Labute approximate surface area is 142 Å². The third-order valence-corrected chi connectivity index (χ3v) is 4.38. The fourth-order valence-electron chi connectivity index (χ4n) is 2.58. The molecule has 1 aliphatic rings. The summed E-state index contributed by atoms with van der Waals surface area (Å²) in [5.74, 6) is -0.966. The van der Waals surface area contributed by atoms with Crippen LogP contribution in [0.5, 0.6) is 0 Å². The number of amides is 3. The molecular formula is C15H16FN5O2S. The number of halogens is 1. The van der Waals surface area contributed by atoms with Crippen LogP contribution in [0.15, 0.2) is 30.5 Å². The average Bonchev–Trinajstić information content (AvgIpc) is 3.10. The van der Waals surface area contributed by atoms with Gasteiger partial charge in [0.1, 0.15) is 10.8 Å². The third kappa shape index (κ3) is 3.85. The van der Waals surface area contributed by atoms with Gasteiger partial charge in [-0.15, -0.1) is 5.10 Å². The van der Waals surface area contributed by atoms with Crippen molar-refractivity contribution in [3.63, 3.8) is 0 Å². The second-order valence-electron chi connectivity index (χ2n) is 5.47. The molecule has 7 nitrogen and oxygen atoms in total. The van der Waals surface area contributed by atoms with E-state index in [1.165, 1.54) is 23.2 Å². The molecule has 9 heteroatoms. The molecule has 3 rings (SSSR count). The molecule has 0 bridgehead atoms. The Morgan fingerprint density at radius 1 is 1.29 bits per heavy atom. The Morgan fingerprint density at radius 3 is 2.88 bits per heavy atom. The molecule has 1 fully saturated rings. The standard InChI is InChI=1S/C15H16FN5O2S/c16-11-5-1-2-6-12(11)18-15(23)21-7-3-4-10(9-21)14(22)19-13-8-17-20-24-13/h1-2,5-6,8,10H,3-4,7,9H2,(H,18,23)(H,19,22)/t10-/m1/s1. The van der Waals surface area contributed by atoms with Crippen LogP contribution in [-0.4, -0.2) is 39.5 Å². The molecule has 1 aliphatic heterocycles. The van der Waals surface area contributed by atoms with E-state index in [2.05, 4.69) is 20.2 Å². The minimum atomic E-state index is -0.491. The van der Waals surface area contributed by atoms with E-state index in [4.69, 9.17) is 0 Å². The first kappa shape index (κ1) is 16.3. The van der Waals surface area contributed by atoms with Gasteiger partial charge in [0, 0.05) is 24.6 Å². The first-order valence-corrected chi connectivity index (χ1v) is 8.29. The summed E-state index contributed by atoms with van der Waals surface area (Å²) < 4.78 is 17.3. The molecule has 0 aliphatic carbocycles. The second kappa shape index (κ2) is 7.35. The maximum absolute atomic E-state index is 13.6. The third-order valence-electron chi connectivity index (χ3n) is 3.80. The zero-order valence-electron chi connectivity index (χ0n) is 12.7.